The second-order valence-electron chi connectivity index (χ2n) is 6.36. The van der Waals surface area contributed by atoms with E-state index in [1.165, 1.54) is 37.2 Å². The standard InChI is InChI=1S/C19H24N4O3/c1-26-15-7-5-14(6-8-15)17(23-9-3-2-4-10-23)12-22-18-13-20-16(11-21-18)19(24)25/h5-8,11,13,17H,2-4,9-10,12H2,1H3,(H,21,22)(H,24,25). The molecule has 0 spiro atoms. The van der Waals surface area contributed by atoms with Crippen molar-refractivity contribution >= 4 is 11.8 Å². The topological polar surface area (TPSA) is 87.6 Å². The van der Waals surface area contributed by atoms with Gasteiger partial charge in [-0.2, -0.15) is 0 Å². The molecule has 1 aliphatic rings. The van der Waals surface area contributed by atoms with E-state index in [9.17, 15) is 4.79 Å². The van der Waals surface area contributed by atoms with Crippen LogP contribution in [0.25, 0.3) is 0 Å². The Hall–Kier alpha value is -2.67. The summed E-state index contributed by atoms with van der Waals surface area (Å²) in [6.07, 6.45) is 6.43. The lowest BCUT2D eigenvalue weighted by Gasteiger charge is -2.35. The number of rotatable bonds is 7. The fourth-order valence-electron chi connectivity index (χ4n) is 3.24. The zero-order valence-electron chi connectivity index (χ0n) is 14.9. The lowest BCUT2D eigenvalue weighted by Crippen LogP contribution is -2.37. The maximum absolute atomic E-state index is 10.9. The molecular weight excluding hydrogens is 332 g/mol. The van der Waals surface area contributed by atoms with Crippen LogP contribution in [0.3, 0.4) is 0 Å². The van der Waals surface area contributed by atoms with E-state index in [-0.39, 0.29) is 11.7 Å². The van der Waals surface area contributed by atoms with E-state index in [1.54, 1.807) is 7.11 Å². The number of nitrogens with zero attached hydrogens (tertiary/aromatic N) is 3. The van der Waals surface area contributed by atoms with Gasteiger partial charge in [-0.15, -0.1) is 0 Å². The molecule has 1 aromatic carbocycles. The van der Waals surface area contributed by atoms with Crippen molar-refractivity contribution in [3.63, 3.8) is 0 Å². The van der Waals surface area contributed by atoms with Gasteiger partial charge in [0.15, 0.2) is 5.69 Å². The molecule has 1 aliphatic heterocycles. The third-order valence-electron chi connectivity index (χ3n) is 4.68. The van der Waals surface area contributed by atoms with Crippen LogP contribution < -0.4 is 10.1 Å². The highest BCUT2D eigenvalue weighted by atomic mass is 16.5. The summed E-state index contributed by atoms with van der Waals surface area (Å²) in [5.41, 5.74) is 1.16. The molecule has 0 bridgehead atoms. The van der Waals surface area contributed by atoms with Gasteiger partial charge in [0.2, 0.25) is 0 Å². The second-order valence-corrected chi connectivity index (χ2v) is 6.36. The molecule has 26 heavy (non-hydrogen) atoms. The first-order chi connectivity index (χ1) is 12.7. The number of benzene rings is 1. The summed E-state index contributed by atoms with van der Waals surface area (Å²) in [6, 6.07) is 8.36. The maximum atomic E-state index is 10.9. The van der Waals surface area contributed by atoms with E-state index >= 15 is 0 Å². The molecule has 1 atom stereocenters. The van der Waals surface area contributed by atoms with Gasteiger partial charge in [-0.1, -0.05) is 18.6 Å². The number of hydrogen-bond donors (Lipinski definition) is 2. The first kappa shape index (κ1) is 18.1. The molecule has 2 aromatic rings. The van der Waals surface area contributed by atoms with Crippen molar-refractivity contribution in [3.05, 3.63) is 47.9 Å². The Morgan fingerprint density at radius 2 is 1.92 bits per heavy atom. The number of nitrogens with one attached hydrogen (secondary N) is 1. The summed E-state index contributed by atoms with van der Waals surface area (Å²) in [6.45, 7) is 2.82. The Bertz CT molecular complexity index is 713. The van der Waals surface area contributed by atoms with Gasteiger partial charge in [-0.3, -0.25) is 4.90 Å². The molecule has 2 heterocycles. The van der Waals surface area contributed by atoms with Crippen LogP contribution in [0.1, 0.15) is 41.4 Å². The van der Waals surface area contributed by atoms with Crippen molar-refractivity contribution in [2.75, 3.05) is 32.1 Å². The van der Waals surface area contributed by atoms with Crippen LogP contribution in [-0.2, 0) is 0 Å². The Kier molecular flexibility index (Phi) is 6.01. The predicted molar refractivity (Wildman–Crippen MR) is 98.6 cm³/mol. The lowest BCUT2D eigenvalue weighted by atomic mass is 10.0. The molecule has 1 fully saturated rings. The van der Waals surface area contributed by atoms with Gasteiger partial charge in [-0.05, 0) is 43.6 Å². The number of aromatic nitrogens is 2. The minimum absolute atomic E-state index is 0.0571. The van der Waals surface area contributed by atoms with Gasteiger partial charge in [-0.25, -0.2) is 14.8 Å². The number of carboxylic acid groups (broad SMARTS) is 1. The number of ether oxygens (including phenoxy) is 1. The molecule has 0 aliphatic carbocycles. The first-order valence-electron chi connectivity index (χ1n) is 8.84. The minimum atomic E-state index is -1.08. The van der Waals surface area contributed by atoms with E-state index < -0.39 is 5.97 Å². The van der Waals surface area contributed by atoms with Crippen molar-refractivity contribution in [1.29, 1.82) is 0 Å². The molecule has 0 radical (unpaired) electrons. The summed E-state index contributed by atoms with van der Waals surface area (Å²) < 4.78 is 5.26. The summed E-state index contributed by atoms with van der Waals surface area (Å²) in [5, 5.41) is 12.2. The monoisotopic (exact) mass is 356 g/mol. The van der Waals surface area contributed by atoms with Crippen molar-refractivity contribution in [2.45, 2.75) is 25.3 Å². The van der Waals surface area contributed by atoms with Gasteiger partial charge in [0.1, 0.15) is 11.6 Å². The van der Waals surface area contributed by atoms with Crippen LogP contribution in [0.2, 0.25) is 0 Å². The number of carbonyl (C=O) groups is 1. The number of aromatic carboxylic acids is 1. The summed E-state index contributed by atoms with van der Waals surface area (Å²) in [4.78, 5) is 21.4. The molecule has 1 saturated heterocycles. The average Bonchev–Trinajstić information content (AvgIpc) is 2.70. The number of carboxylic acids is 1. The Morgan fingerprint density at radius 3 is 2.50 bits per heavy atom. The first-order valence-corrected chi connectivity index (χ1v) is 8.84. The van der Waals surface area contributed by atoms with Gasteiger partial charge in [0.05, 0.1) is 25.5 Å². The van der Waals surface area contributed by atoms with Crippen molar-refractivity contribution < 1.29 is 14.6 Å². The molecule has 0 saturated carbocycles. The molecular formula is C19H24N4O3. The lowest BCUT2D eigenvalue weighted by molar-refractivity contribution is 0.0690. The third kappa shape index (κ3) is 4.49. The molecule has 7 nitrogen and oxygen atoms in total. The molecule has 2 N–H and O–H groups in total. The van der Waals surface area contributed by atoms with Gasteiger partial charge < -0.3 is 15.2 Å². The van der Waals surface area contributed by atoms with E-state index in [2.05, 4.69) is 32.3 Å². The van der Waals surface area contributed by atoms with Crippen LogP contribution in [0, 0.1) is 0 Å². The number of likely N-dealkylation sites (tertiary alicyclic amines) is 1. The van der Waals surface area contributed by atoms with Gasteiger partial charge in [0, 0.05) is 6.54 Å². The van der Waals surface area contributed by atoms with Crippen LogP contribution >= 0.6 is 0 Å². The largest absolute Gasteiger partial charge is 0.497 e. The fraction of sp³-hybridized carbons (Fsp3) is 0.421. The van der Waals surface area contributed by atoms with E-state index in [1.807, 2.05) is 12.1 Å². The summed E-state index contributed by atoms with van der Waals surface area (Å²) >= 11 is 0. The number of hydrogen-bond acceptors (Lipinski definition) is 6. The van der Waals surface area contributed by atoms with E-state index in [4.69, 9.17) is 9.84 Å². The van der Waals surface area contributed by atoms with Gasteiger partial charge in [0.25, 0.3) is 0 Å². The maximum Gasteiger partial charge on any atom is 0.356 e. The Balaban J connectivity index is 1.73. The SMILES string of the molecule is COc1ccc(C(CNc2cnc(C(=O)O)cn2)N2CCCCC2)cc1. The zero-order chi connectivity index (χ0) is 18.4. The normalized spacial score (nSPS) is 16.0. The molecule has 1 aromatic heterocycles. The second kappa shape index (κ2) is 8.62. The van der Waals surface area contributed by atoms with E-state index in [0.717, 1.165) is 18.8 Å². The molecule has 0 amide bonds. The van der Waals surface area contributed by atoms with Crippen molar-refractivity contribution in [1.82, 2.24) is 14.9 Å². The van der Waals surface area contributed by atoms with E-state index in [0.29, 0.717) is 12.4 Å². The van der Waals surface area contributed by atoms with Crippen LogP contribution in [0.15, 0.2) is 36.7 Å². The quantitative estimate of drug-likeness (QED) is 0.789. The van der Waals surface area contributed by atoms with Crippen LogP contribution in [0.5, 0.6) is 5.75 Å². The molecule has 138 valence electrons. The number of piperidine rings is 1. The molecule has 7 heteroatoms. The fourth-order valence-corrected chi connectivity index (χ4v) is 3.24. The summed E-state index contributed by atoms with van der Waals surface area (Å²) in [7, 11) is 1.66. The Labute approximate surface area is 153 Å². The smallest absolute Gasteiger partial charge is 0.356 e. The highest BCUT2D eigenvalue weighted by Crippen LogP contribution is 2.26. The summed E-state index contributed by atoms with van der Waals surface area (Å²) in [5.74, 6) is 0.341. The zero-order valence-corrected chi connectivity index (χ0v) is 14.9. The van der Waals surface area contributed by atoms with Crippen molar-refractivity contribution in [3.8, 4) is 5.75 Å². The minimum Gasteiger partial charge on any atom is -0.497 e. The average molecular weight is 356 g/mol. The predicted octanol–water partition coefficient (Wildman–Crippen LogP) is 2.82. The van der Waals surface area contributed by atoms with Crippen LogP contribution in [-0.4, -0.2) is 52.7 Å². The number of methoxy groups -OCH3 is 1. The highest BCUT2D eigenvalue weighted by Gasteiger charge is 2.22. The van der Waals surface area contributed by atoms with Crippen LogP contribution in [0.4, 0.5) is 5.82 Å². The third-order valence-corrected chi connectivity index (χ3v) is 4.68. The highest BCUT2D eigenvalue weighted by molar-refractivity contribution is 5.84. The number of anilines is 1. The molecule has 3 rings (SSSR count). The molecule has 1 unspecified atom stereocenters. The van der Waals surface area contributed by atoms with Gasteiger partial charge >= 0.3 is 5.97 Å². The van der Waals surface area contributed by atoms with Crippen molar-refractivity contribution in [2.24, 2.45) is 0 Å². The Morgan fingerprint density at radius 1 is 1.19 bits per heavy atom.